The Kier molecular flexibility index (Phi) is 5.19. The summed E-state index contributed by atoms with van der Waals surface area (Å²) in [5.74, 6) is 0. The van der Waals surface area contributed by atoms with E-state index in [2.05, 4.69) is 17.1 Å². The molecule has 2 heterocycles. The van der Waals surface area contributed by atoms with Crippen LogP contribution in [0.25, 0.3) is 0 Å². The smallest absolute Gasteiger partial charge is 0.244 e. The van der Waals surface area contributed by atoms with E-state index in [1.165, 1.54) is 11.3 Å². The molecule has 0 amide bonds. The second kappa shape index (κ2) is 6.53. The van der Waals surface area contributed by atoms with Gasteiger partial charge < -0.3 is 10.2 Å². The Labute approximate surface area is 125 Å². The molecule has 0 unspecified atom stereocenters. The zero-order valence-corrected chi connectivity index (χ0v) is 14.0. The van der Waals surface area contributed by atoms with E-state index >= 15 is 0 Å². The van der Waals surface area contributed by atoms with E-state index in [1.54, 1.807) is 4.31 Å². The number of thiophene rings is 1. The number of nitrogens with zero attached hydrogens (tertiary/aromatic N) is 2. The first kappa shape index (κ1) is 15.9. The minimum atomic E-state index is -3.36. The number of aryl methyl sites for hydroxylation is 1. The van der Waals surface area contributed by atoms with Crippen LogP contribution in [0.4, 0.5) is 0 Å². The summed E-state index contributed by atoms with van der Waals surface area (Å²) >= 11 is 1.52. The highest BCUT2D eigenvalue weighted by atomic mass is 32.2. The van der Waals surface area contributed by atoms with Crippen molar-refractivity contribution < 1.29 is 8.42 Å². The molecule has 0 aromatic carbocycles. The second-order valence-corrected chi connectivity index (χ2v) is 7.88. The quantitative estimate of drug-likeness (QED) is 0.884. The van der Waals surface area contributed by atoms with Gasteiger partial charge in [0.25, 0.3) is 0 Å². The Balaban J connectivity index is 2.25. The highest BCUT2D eigenvalue weighted by Gasteiger charge is 2.31. The lowest BCUT2D eigenvalue weighted by atomic mass is 10.3. The van der Waals surface area contributed by atoms with Gasteiger partial charge in [-0.3, -0.25) is 0 Å². The molecule has 5 nitrogen and oxygen atoms in total. The summed E-state index contributed by atoms with van der Waals surface area (Å²) in [4.78, 5) is 3.70. The summed E-state index contributed by atoms with van der Waals surface area (Å²) in [5.41, 5.74) is 0.859. The predicted octanol–water partition coefficient (Wildman–Crippen LogP) is 1.10. The molecule has 1 fully saturated rings. The second-order valence-electron chi connectivity index (χ2n) is 5.04. The van der Waals surface area contributed by atoms with Crippen LogP contribution in [0.2, 0.25) is 0 Å². The molecule has 1 N–H and O–H groups in total. The van der Waals surface area contributed by atoms with Crippen LogP contribution in [0, 0.1) is 6.92 Å². The Morgan fingerprint density at radius 2 is 1.95 bits per heavy atom. The van der Waals surface area contributed by atoms with Crippen molar-refractivity contribution in [2.75, 3.05) is 39.8 Å². The van der Waals surface area contributed by atoms with Crippen LogP contribution in [0.15, 0.2) is 10.3 Å². The van der Waals surface area contributed by atoms with Crippen molar-refractivity contribution in [1.29, 1.82) is 0 Å². The molecule has 114 valence electrons. The molecule has 0 saturated carbocycles. The number of hydrogen-bond acceptors (Lipinski definition) is 5. The fraction of sp³-hybridized carbons (Fsp3) is 0.692. The zero-order chi connectivity index (χ0) is 14.8. The van der Waals surface area contributed by atoms with Crippen LogP contribution in [0.5, 0.6) is 0 Å². The predicted molar refractivity (Wildman–Crippen MR) is 82.7 cm³/mol. The molecule has 1 aromatic rings. The van der Waals surface area contributed by atoms with Crippen LogP contribution >= 0.6 is 11.3 Å². The molecule has 7 heteroatoms. The minimum absolute atomic E-state index is 0.516. The van der Waals surface area contributed by atoms with Gasteiger partial charge in [-0.05, 0) is 31.5 Å². The molecule has 0 spiro atoms. The van der Waals surface area contributed by atoms with E-state index in [0.717, 1.165) is 30.1 Å². The molecule has 1 aliphatic rings. The average Bonchev–Trinajstić information content (AvgIpc) is 2.81. The van der Waals surface area contributed by atoms with Crippen LogP contribution in [0.1, 0.15) is 17.4 Å². The fourth-order valence-electron chi connectivity index (χ4n) is 2.53. The van der Waals surface area contributed by atoms with Gasteiger partial charge in [0, 0.05) is 37.6 Å². The third-order valence-corrected chi connectivity index (χ3v) is 7.07. The summed E-state index contributed by atoms with van der Waals surface area (Å²) < 4.78 is 27.3. The molecule has 0 aliphatic carbocycles. The largest absolute Gasteiger partial charge is 0.315 e. The number of rotatable bonds is 5. The molecule has 0 radical (unpaired) electrons. The van der Waals surface area contributed by atoms with Gasteiger partial charge in [0.2, 0.25) is 10.0 Å². The lowest BCUT2D eigenvalue weighted by molar-refractivity contribution is 0.196. The molecule has 0 atom stereocenters. The third kappa shape index (κ3) is 3.07. The van der Waals surface area contributed by atoms with Crippen molar-refractivity contribution in [3.63, 3.8) is 0 Å². The molecule has 1 saturated heterocycles. The van der Waals surface area contributed by atoms with Crippen molar-refractivity contribution in [1.82, 2.24) is 14.5 Å². The maximum Gasteiger partial charge on any atom is 0.244 e. The van der Waals surface area contributed by atoms with Gasteiger partial charge in [-0.2, -0.15) is 4.31 Å². The van der Waals surface area contributed by atoms with Crippen molar-refractivity contribution in [3.8, 4) is 0 Å². The van der Waals surface area contributed by atoms with Gasteiger partial charge in [0.05, 0.1) is 0 Å². The number of piperazine rings is 1. The lowest BCUT2D eigenvalue weighted by Gasteiger charge is -2.33. The summed E-state index contributed by atoms with van der Waals surface area (Å²) in [6.07, 6.45) is 0. The van der Waals surface area contributed by atoms with Crippen molar-refractivity contribution >= 4 is 21.4 Å². The van der Waals surface area contributed by atoms with Crippen molar-refractivity contribution in [3.05, 3.63) is 15.8 Å². The van der Waals surface area contributed by atoms with Gasteiger partial charge in [0.15, 0.2) is 0 Å². The first-order valence-corrected chi connectivity index (χ1v) is 9.26. The van der Waals surface area contributed by atoms with Crippen LogP contribution in [-0.2, 0) is 16.6 Å². The number of likely N-dealkylation sites (N-methyl/N-ethyl adjacent to an activating group) is 1. The van der Waals surface area contributed by atoms with E-state index < -0.39 is 10.0 Å². The van der Waals surface area contributed by atoms with Gasteiger partial charge in [0.1, 0.15) is 4.90 Å². The Hall–Kier alpha value is -0.470. The first-order valence-electron chi connectivity index (χ1n) is 6.94. The van der Waals surface area contributed by atoms with Gasteiger partial charge >= 0.3 is 0 Å². The molecular formula is C13H23N3O2S2. The maximum absolute atomic E-state index is 12.8. The van der Waals surface area contributed by atoms with E-state index in [1.807, 2.05) is 19.4 Å². The Morgan fingerprint density at radius 1 is 1.30 bits per heavy atom. The van der Waals surface area contributed by atoms with Crippen LogP contribution in [0.3, 0.4) is 0 Å². The highest BCUT2D eigenvalue weighted by Crippen LogP contribution is 2.30. The highest BCUT2D eigenvalue weighted by molar-refractivity contribution is 7.89. The maximum atomic E-state index is 12.8. The minimum Gasteiger partial charge on any atom is -0.315 e. The van der Waals surface area contributed by atoms with Gasteiger partial charge in [-0.15, -0.1) is 11.3 Å². The normalized spacial score (nSPS) is 18.6. The van der Waals surface area contributed by atoms with E-state index in [9.17, 15) is 8.42 Å². The lowest BCUT2D eigenvalue weighted by Crippen LogP contribution is -2.48. The summed E-state index contributed by atoms with van der Waals surface area (Å²) in [6, 6.07) is 0. The van der Waals surface area contributed by atoms with Crippen LogP contribution < -0.4 is 5.32 Å². The van der Waals surface area contributed by atoms with Gasteiger partial charge in [-0.1, -0.05) is 6.92 Å². The summed E-state index contributed by atoms with van der Waals surface area (Å²) in [7, 11) is -1.52. The third-order valence-electron chi connectivity index (χ3n) is 3.70. The zero-order valence-electron chi connectivity index (χ0n) is 12.3. The van der Waals surface area contributed by atoms with E-state index in [0.29, 0.717) is 24.5 Å². The van der Waals surface area contributed by atoms with Crippen molar-refractivity contribution in [2.24, 2.45) is 0 Å². The van der Waals surface area contributed by atoms with Crippen LogP contribution in [-0.4, -0.2) is 57.4 Å². The number of nitrogens with one attached hydrogen (secondary N) is 1. The molecule has 1 aliphatic heterocycles. The Bertz CT molecular complexity index is 546. The molecule has 0 bridgehead atoms. The monoisotopic (exact) mass is 317 g/mol. The summed E-state index contributed by atoms with van der Waals surface area (Å²) in [5, 5.41) is 4.98. The number of hydrogen-bond donors (Lipinski definition) is 1. The fourth-order valence-corrected chi connectivity index (χ4v) is 5.73. The molecular weight excluding hydrogens is 294 g/mol. The topological polar surface area (TPSA) is 52.7 Å². The van der Waals surface area contributed by atoms with E-state index in [4.69, 9.17) is 0 Å². The van der Waals surface area contributed by atoms with Crippen molar-refractivity contribution in [2.45, 2.75) is 25.3 Å². The van der Waals surface area contributed by atoms with E-state index in [-0.39, 0.29) is 0 Å². The molecule has 20 heavy (non-hydrogen) atoms. The molecule has 1 aromatic heterocycles. The average molecular weight is 317 g/mol. The van der Waals surface area contributed by atoms with Gasteiger partial charge in [-0.25, -0.2) is 8.42 Å². The Morgan fingerprint density at radius 3 is 2.50 bits per heavy atom. The molecule has 2 rings (SSSR count). The number of sulfonamides is 1. The first-order chi connectivity index (χ1) is 9.50. The SMILES string of the molecule is CCN1CCN(S(=O)(=O)c2c(C)csc2CNC)CC1. The standard InChI is InChI=1S/C13H23N3O2S2/c1-4-15-5-7-16(8-6-15)20(17,18)13-11(2)10-19-12(13)9-14-3/h10,14H,4-9H2,1-3H3. The summed E-state index contributed by atoms with van der Waals surface area (Å²) in [6.45, 7) is 8.39.